The molecule has 0 spiro atoms. The molecule has 3 heteroatoms. The van der Waals surface area contributed by atoms with E-state index in [2.05, 4.69) is 0 Å². The van der Waals surface area contributed by atoms with E-state index >= 15 is 0 Å². The number of rotatable bonds is 0. The van der Waals surface area contributed by atoms with Crippen molar-refractivity contribution in [3.63, 3.8) is 0 Å². The molecule has 1 atom stereocenters. The molecule has 1 aromatic rings. The average molecular weight is 188 g/mol. The van der Waals surface area contributed by atoms with Crippen molar-refractivity contribution < 1.29 is 5.11 Å². The highest BCUT2D eigenvalue weighted by Crippen LogP contribution is 2.32. The average Bonchev–Trinajstić information content (AvgIpc) is 2.17. The van der Waals surface area contributed by atoms with Crippen LogP contribution in [0.15, 0.2) is 12.1 Å². The molecule has 0 saturated carbocycles. The Morgan fingerprint density at radius 3 is 3.00 bits per heavy atom. The maximum Gasteiger partial charge on any atom is 0.133 e. The summed E-state index contributed by atoms with van der Waals surface area (Å²) in [6.45, 7) is 0. The summed E-state index contributed by atoms with van der Waals surface area (Å²) >= 11 is 0. The summed E-state index contributed by atoms with van der Waals surface area (Å²) in [7, 11) is 0. The molecule has 1 aliphatic rings. The fraction of sp³-hybridized carbons (Fsp3) is 0.364. The Labute approximate surface area is 82.8 Å². The number of aryl methyl sites for hydroxylation is 1. The summed E-state index contributed by atoms with van der Waals surface area (Å²) in [6, 6.07) is 5.37. The number of phenolic OH excluding ortho intramolecular Hbond substituents is 1. The number of phenols is 1. The molecule has 72 valence electrons. The molecule has 2 rings (SSSR count). The highest BCUT2D eigenvalue weighted by molar-refractivity contribution is 5.49. The van der Waals surface area contributed by atoms with Gasteiger partial charge in [-0.05, 0) is 42.5 Å². The summed E-state index contributed by atoms with van der Waals surface area (Å²) in [5.41, 5.74) is 8.35. The molecular formula is C11H12N2O. The summed E-state index contributed by atoms with van der Waals surface area (Å²) in [5.74, 6) is 0.0698. The number of benzene rings is 1. The fourth-order valence-corrected chi connectivity index (χ4v) is 1.97. The summed E-state index contributed by atoms with van der Waals surface area (Å²) in [4.78, 5) is 0. The molecule has 3 nitrogen and oxygen atoms in total. The monoisotopic (exact) mass is 188 g/mol. The number of hydrogen-bond acceptors (Lipinski definition) is 3. The molecule has 1 unspecified atom stereocenters. The first kappa shape index (κ1) is 9.04. The van der Waals surface area contributed by atoms with Crippen molar-refractivity contribution in [2.45, 2.75) is 25.3 Å². The molecule has 1 aliphatic carbocycles. The zero-order chi connectivity index (χ0) is 10.1. The first-order valence-electron chi connectivity index (χ1n) is 4.74. The zero-order valence-corrected chi connectivity index (χ0v) is 7.83. The van der Waals surface area contributed by atoms with Crippen LogP contribution >= 0.6 is 0 Å². The summed E-state index contributed by atoms with van der Waals surface area (Å²) < 4.78 is 0. The van der Waals surface area contributed by atoms with Crippen LogP contribution in [0.4, 0.5) is 0 Å². The van der Waals surface area contributed by atoms with Gasteiger partial charge >= 0.3 is 0 Å². The van der Waals surface area contributed by atoms with Gasteiger partial charge in [0.2, 0.25) is 0 Å². The topological polar surface area (TPSA) is 70.0 Å². The third kappa shape index (κ3) is 1.34. The SMILES string of the molecule is N#Cc1cc2c(cc1O)CCCC2N. The number of nitrogens with zero attached hydrogens (tertiary/aromatic N) is 1. The van der Waals surface area contributed by atoms with Crippen LogP contribution in [-0.4, -0.2) is 5.11 Å². The molecule has 0 radical (unpaired) electrons. The second-order valence-corrected chi connectivity index (χ2v) is 3.68. The molecule has 1 aromatic carbocycles. The Hall–Kier alpha value is -1.53. The van der Waals surface area contributed by atoms with Crippen molar-refractivity contribution in [3.8, 4) is 11.8 Å². The van der Waals surface area contributed by atoms with Crippen molar-refractivity contribution in [1.29, 1.82) is 5.26 Å². The van der Waals surface area contributed by atoms with Crippen molar-refractivity contribution in [2.24, 2.45) is 5.73 Å². The predicted molar refractivity (Wildman–Crippen MR) is 52.7 cm³/mol. The normalized spacial score (nSPS) is 19.9. The minimum Gasteiger partial charge on any atom is -0.507 e. The van der Waals surface area contributed by atoms with Gasteiger partial charge in [-0.25, -0.2) is 0 Å². The lowest BCUT2D eigenvalue weighted by Gasteiger charge is -2.22. The number of aromatic hydroxyl groups is 1. The van der Waals surface area contributed by atoms with Crippen molar-refractivity contribution in [1.82, 2.24) is 0 Å². The number of fused-ring (bicyclic) bond motifs is 1. The molecule has 14 heavy (non-hydrogen) atoms. The van der Waals surface area contributed by atoms with Crippen molar-refractivity contribution >= 4 is 0 Å². The lowest BCUT2D eigenvalue weighted by molar-refractivity contribution is 0.469. The van der Waals surface area contributed by atoms with E-state index in [-0.39, 0.29) is 11.8 Å². The molecule has 0 aromatic heterocycles. The standard InChI is InChI=1S/C11H12N2O/c12-6-8-4-9-7(5-11(8)14)2-1-3-10(9)13/h4-5,10,14H,1-3,13H2. The van der Waals surface area contributed by atoms with Crippen LogP contribution in [0.5, 0.6) is 5.75 Å². The van der Waals surface area contributed by atoms with E-state index in [0.717, 1.165) is 30.4 Å². The molecule has 0 fully saturated rings. The zero-order valence-electron chi connectivity index (χ0n) is 7.83. The highest BCUT2D eigenvalue weighted by Gasteiger charge is 2.18. The van der Waals surface area contributed by atoms with E-state index in [1.54, 1.807) is 12.1 Å². The minimum absolute atomic E-state index is 0.0199. The second kappa shape index (κ2) is 3.32. The smallest absolute Gasteiger partial charge is 0.133 e. The first-order valence-corrected chi connectivity index (χ1v) is 4.74. The van der Waals surface area contributed by atoms with Gasteiger partial charge in [0.25, 0.3) is 0 Å². The van der Waals surface area contributed by atoms with E-state index in [0.29, 0.717) is 5.56 Å². The molecule has 0 heterocycles. The lowest BCUT2D eigenvalue weighted by Crippen LogP contribution is -2.17. The van der Waals surface area contributed by atoms with Crippen LogP contribution in [0, 0.1) is 11.3 Å². The van der Waals surface area contributed by atoms with Crippen LogP contribution in [0.25, 0.3) is 0 Å². The van der Waals surface area contributed by atoms with Gasteiger partial charge in [-0.15, -0.1) is 0 Å². The van der Waals surface area contributed by atoms with Gasteiger partial charge in [-0.3, -0.25) is 0 Å². The van der Waals surface area contributed by atoms with Gasteiger partial charge in [-0.2, -0.15) is 5.26 Å². The Morgan fingerprint density at radius 1 is 1.50 bits per heavy atom. The van der Waals surface area contributed by atoms with Crippen LogP contribution in [0.1, 0.15) is 35.6 Å². The summed E-state index contributed by atoms with van der Waals surface area (Å²) in [6.07, 6.45) is 2.96. The van der Waals surface area contributed by atoms with Gasteiger partial charge in [-0.1, -0.05) is 0 Å². The number of nitrogens with two attached hydrogens (primary N) is 1. The number of nitriles is 1. The van der Waals surface area contributed by atoms with Crippen LogP contribution in [0.2, 0.25) is 0 Å². The maximum absolute atomic E-state index is 9.49. The van der Waals surface area contributed by atoms with Crippen LogP contribution < -0.4 is 5.73 Å². The Morgan fingerprint density at radius 2 is 2.29 bits per heavy atom. The van der Waals surface area contributed by atoms with Crippen LogP contribution in [0.3, 0.4) is 0 Å². The molecular weight excluding hydrogens is 176 g/mol. The van der Waals surface area contributed by atoms with E-state index in [1.807, 2.05) is 6.07 Å². The van der Waals surface area contributed by atoms with Gasteiger partial charge < -0.3 is 10.8 Å². The van der Waals surface area contributed by atoms with Gasteiger partial charge in [0.15, 0.2) is 0 Å². The lowest BCUT2D eigenvalue weighted by atomic mass is 9.87. The van der Waals surface area contributed by atoms with Gasteiger partial charge in [0.1, 0.15) is 11.8 Å². The third-order valence-electron chi connectivity index (χ3n) is 2.74. The van der Waals surface area contributed by atoms with Crippen LogP contribution in [-0.2, 0) is 6.42 Å². The molecule has 3 N–H and O–H groups in total. The molecule has 0 saturated heterocycles. The summed E-state index contributed by atoms with van der Waals surface area (Å²) in [5, 5.41) is 18.2. The Balaban J connectivity index is 2.56. The highest BCUT2D eigenvalue weighted by atomic mass is 16.3. The predicted octanol–water partition coefficient (Wildman–Crippen LogP) is 1.60. The van der Waals surface area contributed by atoms with Gasteiger partial charge in [0, 0.05) is 6.04 Å². The maximum atomic E-state index is 9.49. The van der Waals surface area contributed by atoms with E-state index < -0.39 is 0 Å². The fourth-order valence-electron chi connectivity index (χ4n) is 1.97. The van der Waals surface area contributed by atoms with E-state index in [1.165, 1.54) is 0 Å². The largest absolute Gasteiger partial charge is 0.507 e. The van der Waals surface area contributed by atoms with E-state index in [9.17, 15) is 5.11 Å². The quantitative estimate of drug-likeness (QED) is 0.649. The first-order chi connectivity index (χ1) is 6.72. The number of hydrogen-bond donors (Lipinski definition) is 2. The van der Waals surface area contributed by atoms with E-state index in [4.69, 9.17) is 11.0 Å². The van der Waals surface area contributed by atoms with Crippen molar-refractivity contribution in [3.05, 3.63) is 28.8 Å². The molecule has 0 amide bonds. The molecule has 0 aliphatic heterocycles. The Bertz CT molecular complexity index is 406. The Kier molecular flexibility index (Phi) is 2.14. The van der Waals surface area contributed by atoms with Crippen molar-refractivity contribution in [2.75, 3.05) is 0 Å². The third-order valence-corrected chi connectivity index (χ3v) is 2.74. The molecule has 0 bridgehead atoms. The second-order valence-electron chi connectivity index (χ2n) is 3.68. The van der Waals surface area contributed by atoms with Gasteiger partial charge in [0.05, 0.1) is 5.56 Å². The minimum atomic E-state index is 0.0199.